The number of aromatic nitrogens is 2. The molecule has 0 radical (unpaired) electrons. The number of H-pyrrole nitrogens is 1. The highest BCUT2D eigenvalue weighted by Gasteiger charge is 2.21. The highest BCUT2D eigenvalue weighted by atomic mass is 32.2. The van der Waals surface area contributed by atoms with Crippen LogP contribution >= 0.6 is 11.8 Å². The summed E-state index contributed by atoms with van der Waals surface area (Å²) < 4.78 is 13.3. The molecule has 1 unspecified atom stereocenters. The Hall–Kier alpha value is -1.82. The first kappa shape index (κ1) is 14.1. The van der Waals surface area contributed by atoms with E-state index in [0.29, 0.717) is 11.4 Å². The van der Waals surface area contributed by atoms with Crippen molar-refractivity contribution in [3.05, 3.63) is 46.3 Å². The molecule has 2 N–H and O–H groups in total. The summed E-state index contributed by atoms with van der Waals surface area (Å²) >= 11 is 1.73. The van der Waals surface area contributed by atoms with E-state index in [1.54, 1.807) is 17.8 Å². The molecule has 1 aliphatic heterocycles. The van der Waals surface area contributed by atoms with Gasteiger partial charge < -0.3 is 10.1 Å². The van der Waals surface area contributed by atoms with Crippen LogP contribution in [0.5, 0.6) is 5.88 Å². The van der Waals surface area contributed by atoms with Crippen molar-refractivity contribution in [2.45, 2.75) is 24.5 Å². The Kier molecular flexibility index (Phi) is 3.96. The van der Waals surface area contributed by atoms with Crippen molar-refractivity contribution in [1.29, 1.82) is 0 Å². The molecule has 0 aliphatic carbocycles. The van der Waals surface area contributed by atoms with Crippen LogP contribution in [-0.2, 0) is 0 Å². The molecule has 4 nitrogen and oxygen atoms in total. The average Bonchev–Trinajstić information content (AvgIpc) is 2.47. The fourth-order valence-electron chi connectivity index (χ4n) is 2.49. The fraction of sp³-hybridized carbons (Fsp3) is 0.333. The summed E-state index contributed by atoms with van der Waals surface area (Å²) in [6, 6.07) is 5.56. The third-order valence-electron chi connectivity index (χ3n) is 3.52. The van der Waals surface area contributed by atoms with Gasteiger partial charge in [-0.3, -0.25) is 4.79 Å². The SMILES string of the molecule is O=c1[nH]c(C2CCCCS2)nc(O)c1-c1cccc(F)c1. The average molecular weight is 306 g/mol. The van der Waals surface area contributed by atoms with E-state index in [4.69, 9.17) is 0 Å². The van der Waals surface area contributed by atoms with E-state index in [-0.39, 0.29) is 16.7 Å². The van der Waals surface area contributed by atoms with Gasteiger partial charge in [0.2, 0.25) is 5.88 Å². The Morgan fingerprint density at radius 3 is 2.90 bits per heavy atom. The number of thioether (sulfide) groups is 1. The Morgan fingerprint density at radius 1 is 1.38 bits per heavy atom. The maximum absolute atomic E-state index is 13.3. The van der Waals surface area contributed by atoms with E-state index in [0.717, 1.165) is 18.6 Å². The van der Waals surface area contributed by atoms with Gasteiger partial charge in [0.05, 0.1) is 5.25 Å². The van der Waals surface area contributed by atoms with Crippen molar-refractivity contribution in [2.75, 3.05) is 5.75 Å². The first-order valence-corrected chi connectivity index (χ1v) is 7.91. The molecule has 1 fully saturated rings. The molecule has 21 heavy (non-hydrogen) atoms. The van der Waals surface area contributed by atoms with E-state index in [1.807, 2.05) is 0 Å². The van der Waals surface area contributed by atoms with Gasteiger partial charge in [-0.05, 0) is 36.3 Å². The van der Waals surface area contributed by atoms with Crippen molar-refractivity contribution >= 4 is 11.8 Å². The van der Waals surface area contributed by atoms with Crippen LogP contribution in [0.4, 0.5) is 4.39 Å². The van der Waals surface area contributed by atoms with Crippen molar-refractivity contribution in [3.63, 3.8) is 0 Å². The van der Waals surface area contributed by atoms with Gasteiger partial charge in [0.1, 0.15) is 17.2 Å². The molecule has 2 aromatic rings. The molecule has 6 heteroatoms. The van der Waals surface area contributed by atoms with Gasteiger partial charge >= 0.3 is 0 Å². The Morgan fingerprint density at radius 2 is 2.24 bits per heavy atom. The standard InChI is InChI=1S/C15H15FN2O2S/c16-10-5-3-4-9(8-10)12-14(19)17-13(18-15(12)20)11-6-1-2-7-21-11/h3-5,8,11H,1-2,6-7H2,(H2,17,18,19,20). The molecule has 0 saturated carbocycles. The number of benzene rings is 1. The van der Waals surface area contributed by atoms with Crippen LogP contribution < -0.4 is 5.56 Å². The first-order chi connectivity index (χ1) is 10.1. The van der Waals surface area contributed by atoms with Crippen LogP contribution in [0, 0.1) is 5.82 Å². The summed E-state index contributed by atoms with van der Waals surface area (Å²) in [4.78, 5) is 19.1. The van der Waals surface area contributed by atoms with E-state index >= 15 is 0 Å². The fourth-order valence-corrected chi connectivity index (χ4v) is 3.75. The van der Waals surface area contributed by atoms with Crippen molar-refractivity contribution in [1.82, 2.24) is 9.97 Å². The number of aromatic hydroxyl groups is 1. The molecule has 0 spiro atoms. The number of hydrogen-bond acceptors (Lipinski definition) is 4. The zero-order chi connectivity index (χ0) is 14.8. The number of halogens is 1. The Balaban J connectivity index is 2.02. The predicted molar refractivity (Wildman–Crippen MR) is 81.0 cm³/mol. The molecule has 1 aromatic carbocycles. The van der Waals surface area contributed by atoms with Crippen LogP contribution in [0.2, 0.25) is 0 Å². The second-order valence-corrected chi connectivity index (χ2v) is 6.33. The topological polar surface area (TPSA) is 66.0 Å². The summed E-state index contributed by atoms with van der Waals surface area (Å²) in [5.41, 5.74) is -0.0996. The molecule has 0 amide bonds. The molecule has 110 valence electrons. The normalized spacial score (nSPS) is 18.6. The second-order valence-electron chi connectivity index (χ2n) is 5.02. The number of rotatable bonds is 2. The van der Waals surface area contributed by atoms with Crippen molar-refractivity contribution in [3.8, 4) is 17.0 Å². The lowest BCUT2D eigenvalue weighted by Crippen LogP contribution is -2.17. The highest BCUT2D eigenvalue weighted by Crippen LogP contribution is 2.37. The van der Waals surface area contributed by atoms with Crippen LogP contribution in [-0.4, -0.2) is 20.8 Å². The van der Waals surface area contributed by atoms with Crippen molar-refractivity contribution in [2.24, 2.45) is 0 Å². The molecule has 1 aliphatic rings. The summed E-state index contributed by atoms with van der Waals surface area (Å²) in [6.07, 6.45) is 3.19. The number of hydrogen-bond donors (Lipinski definition) is 2. The van der Waals surface area contributed by atoms with Gasteiger partial charge in [-0.25, -0.2) is 4.39 Å². The molecule has 2 heterocycles. The number of aromatic amines is 1. The Bertz CT molecular complexity index is 711. The molecule has 1 atom stereocenters. The minimum Gasteiger partial charge on any atom is -0.493 e. The summed E-state index contributed by atoms with van der Waals surface area (Å²) in [6.45, 7) is 0. The third-order valence-corrected chi connectivity index (χ3v) is 4.90. The summed E-state index contributed by atoms with van der Waals surface area (Å²) in [5.74, 6) is 0.729. The molecular formula is C15H15FN2O2S. The van der Waals surface area contributed by atoms with Gasteiger partial charge in [-0.1, -0.05) is 18.6 Å². The molecule has 1 aromatic heterocycles. The molecule has 1 saturated heterocycles. The molecule has 0 bridgehead atoms. The first-order valence-electron chi connectivity index (χ1n) is 6.86. The van der Waals surface area contributed by atoms with E-state index in [2.05, 4.69) is 9.97 Å². The minimum atomic E-state index is -0.460. The zero-order valence-corrected chi connectivity index (χ0v) is 12.1. The monoisotopic (exact) mass is 306 g/mol. The minimum absolute atomic E-state index is 0.0130. The number of nitrogens with one attached hydrogen (secondary N) is 1. The maximum atomic E-state index is 13.3. The quantitative estimate of drug-likeness (QED) is 0.894. The largest absolute Gasteiger partial charge is 0.493 e. The lowest BCUT2D eigenvalue weighted by Gasteiger charge is -2.20. The lowest BCUT2D eigenvalue weighted by atomic mass is 10.1. The highest BCUT2D eigenvalue weighted by molar-refractivity contribution is 7.99. The van der Waals surface area contributed by atoms with Gasteiger partial charge in [0.25, 0.3) is 5.56 Å². The van der Waals surface area contributed by atoms with Crippen LogP contribution in [0.1, 0.15) is 30.3 Å². The summed E-state index contributed by atoms with van der Waals surface area (Å²) in [5, 5.41) is 10.2. The smallest absolute Gasteiger partial charge is 0.262 e. The van der Waals surface area contributed by atoms with Crippen molar-refractivity contribution < 1.29 is 9.50 Å². The predicted octanol–water partition coefficient (Wildman–Crippen LogP) is 3.24. The second kappa shape index (κ2) is 5.89. The van der Waals surface area contributed by atoms with Crippen LogP contribution in [0.3, 0.4) is 0 Å². The molecule has 3 rings (SSSR count). The van der Waals surface area contributed by atoms with Crippen LogP contribution in [0.25, 0.3) is 11.1 Å². The van der Waals surface area contributed by atoms with E-state index in [9.17, 15) is 14.3 Å². The zero-order valence-electron chi connectivity index (χ0n) is 11.3. The van der Waals surface area contributed by atoms with Gasteiger partial charge in [0, 0.05) is 0 Å². The summed E-state index contributed by atoms with van der Waals surface area (Å²) in [7, 11) is 0. The van der Waals surface area contributed by atoms with Gasteiger partial charge in [0.15, 0.2) is 0 Å². The third kappa shape index (κ3) is 2.95. The van der Waals surface area contributed by atoms with Gasteiger partial charge in [-0.2, -0.15) is 16.7 Å². The van der Waals surface area contributed by atoms with E-state index < -0.39 is 11.4 Å². The Labute approximate surface area is 125 Å². The lowest BCUT2D eigenvalue weighted by molar-refractivity contribution is 0.448. The van der Waals surface area contributed by atoms with Gasteiger partial charge in [-0.15, -0.1) is 0 Å². The van der Waals surface area contributed by atoms with Crippen LogP contribution in [0.15, 0.2) is 29.1 Å². The number of nitrogens with zero attached hydrogens (tertiary/aromatic N) is 1. The van der Waals surface area contributed by atoms with E-state index in [1.165, 1.54) is 24.6 Å². The maximum Gasteiger partial charge on any atom is 0.262 e. The molecular weight excluding hydrogens is 291 g/mol.